The van der Waals surface area contributed by atoms with E-state index in [9.17, 15) is 22.8 Å². The van der Waals surface area contributed by atoms with Crippen molar-refractivity contribution in [2.45, 2.75) is 25.2 Å². The Balaban J connectivity index is 2.04. The van der Waals surface area contributed by atoms with Gasteiger partial charge in [0.1, 0.15) is 0 Å². The van der Waals surface area contributed by atoms with E-state index < -0.39 is 28.4 Å². The van der Waals surface area contributed by atoms with Crippen LogP contribution in [0.25, 0.3) is 0 Å². The van der Waals surface area contributed by atoms with Crippen LogP contribution in [0.1, 0.15) is 41.0 Å². The van der Waals surface area contributed by atoms with Gasteiger partial charge in [-0.15, -0.1) is 0 Å². The van der Waals surface area contributed by atoms with Crippen LogP contribution in [0, 0.1) is 5.92 Å². The zero-order valence-electron chi connectivity index (χ0n) is 18.2. The van der Waals surface area contributed by atoms with Crippen LogP contribution in [0.2, 0.25) is 5.02 Å². The van der Waals surface area contributed by atoms with Crippen LogP contribution in [0.15, 0.2) is 47.4 Å². The minimum Gasteiger partial charge on any atom is -0.454 e. The van der Waals surface area contributed by atoms with Crippen LogP contribution < -0.4 is 5.32 Å². The van der Waals surface area contributed by atoms with Crippen molar-refractivity contribution in [3.8, 4) is 0 Å². The van der Waals surface area contributed by atoms with Gasteiger partial charge in [-0.3, -0.25) is 9.59 Å². The van der Waals surface area contributed by atoms with Gasteiger partial charge in [0, 0.05) is 31.8 Å². The number of esters is 1. The monoisotopic (exact) mass is 480 g/mol. The molecule has 2 rings (SSSR count). The summed E-state index contributed by atoms with van der Waals surface area (Å²) in [6, 6.07) is 9.86. The van der Waals surface area contributed by atoms with Gasteiger partial charge < -0.3 is 10.1 Å². The Morgan fingerprint density at radius 2 is 1.69 bits per heavy atom. The average Bonchev–Trinajstić information content (AvgIpc) is 2.71. The van der Waals surface area contributed by atoms with E-state index in [1.54, 1.807) is 12.1 Å². The first-order valence-corrected chi connectivity index (χ1v) is 11.6. The Kier molecular flexibility index (Phi) is 8.54. The third kappa shape index (κ3) is 6.62. The molecule has 0 saturated heterocycles. The van der Waals surface area contributed by atoms with Gasteiger partial charge in [-0.2, -0.15) is 0 Å². The lowest BCUT2D eigenvalue weighted by Crippen LogP contribution is -2.22. The van der Waals surface area contributed by atoms with Gasteiger partial charge in [-0.25, -0.2) is 17.5 Å². The first kappa shape index (κ1) is 25.5. The van der Waals surface area contributed by atoms with E-state index in [1.807, 2.05) is 13.8 Å². The lowest BCUT2D eigenvalue weighted by molar-refractivity contribution is -0.116. The molecule has 0 aliphatic rings. The van der Waals surface area contributed by atoms with Crippen molar-refractivity contribution < 1.29 is 27.5 Å². The van der Waals surface area contributed by atoms with Gasteiger partial charge in [0.05, 0.1) is 15.5 Å². The molecule has 172 valence electrons. The van der Waals surface area contributed by atoms with Crippen LogP contribution in [0.3, 0.4) is 0 Å². The fraction of sp³-hybridized carbons (Fsp3) is 0.318. The van der Waals surface area contributed by atoms with Gasteiger partial charge in [-0.1, -0.05) is 25.4 Å². The number of halogens is 1. The number of amides is 1. The van der Waals surface area contributed by atoms with Crippen LogP contribution in [-0.4, -0.2) is 51.1 Å². The van der Waals surface area contributed by atoms with Crippen molar-refractivity contribution in [2.24, 2.45) is 5.92 Å². The van der Waals surface area contributed by atoms with Crippen LogP contribution in [0.4, 0.5) is 5.69 Å². The van der Waals surface area contributed by atoms with E-state index in [0.717, 1.165) is 10.4 Å². The number of carbonyl (C=O) groups excluding carboxylic acids is 3. The molecular formula is C22H25ClN2O6S. The second-order valence-electron chi connectivity index (χ2n) is 7.65. The number of hydrogen-bond donors (Lipinski definition) is 1. The molecule has 2 aromatic carbocycles. The highest BCUT2D eigenvalue weighted by Crippen LogP contribution is 2.23. The number of hydrogen-bond acceptors (Lipinski definition) is 6. The fourth-order valence-corrected chi connectivity index (χ4v) is 3.77. The second kappa shape index (κ2) is 10.7. The van der Waals surface area contributed by atoms with Crippen molar-refractivity contribution in [1.29, 1.82) is 0 Å². The Hall–Kier alpha value is -2.75. The normalized spacial score (nSPS) is 11.5. The third-order valence-electron chi connectivity index (χ3n) is 4.35. The summed E-state index contributed by atoms with van der Waals surface area (Å²) in [5.41, 5.74) is 0.676. The minimum atomic E-state index is -3.77. The molecule has 2 aromatic rings. The summed E-state index contributed by atoms with van der Waals surface area (Å²) >= 11 is 6.01. The summed E-state index contributed by atoms with van der Waals surface area (Å²) in [7, 11) is -1.05. The molecule has 0 atom stereocenters. The van der Waals surface area contributed by atoms with E-state index in [1.165, 1.54) is 38.4 Å². The maximum absolute atomic E-state index is 12.4. The van der Waals surface area contributed by atoms with E-state index in [4.69, 9.17) is 16.3 Å². The SMILES string of the molecule is CC(C)CC(=O)Nc1ccc(C(=O)COC(=O)c2cc(S(=O)(=O)N(C)C)ccc2Cl)cc1. The van der Waals surface area contributed by atoms with Crippen LogP contribution in [0.5, 0.6) is 0 Å². The summed E-state index contributed by atoms with van der Waals surface area (Å²) in [5, 5.41) is 2.74. The van der Waals surface area contributed by atoms with Gasteiger partial charge in [0.25, 0.3) is 0 Å². The Labute approximate surface area is 192 Å². The number of rotatable bonds is 9. The summed E-state index contributed by atoms with van der Waals surface area (Å²) in [5.74, 6) is -1.28. The summed E-state index contributed by atoms with van der Waals surface area (Å²) in [6.45, 7) is 3.32. The molecule has 0 spiro atoms. The predicted octanol–water partition coefficient (Wildman–Crippen LogP) is 3.61. The molecule has 0 fully saturated rings. The summed E-state index contributed by atoms with van der Waals surface area (Å²) in [4.78, 5) is 36.5. The van der Waals surface area contributed by atoms with Crippen LogP contribution >= 0.6 is 11.6 Å². The number of benzene rings is 2. The van der Waals surface area contributed by atoms with E-state index in [0.29, 0.717) is 12.1 Å². The highest BCUT2D eigenvalue weighted by Gasteiger charge is 2.22. The highest BCUT2D eigenvalue weighted by atomic mass is 35.5. The van der Waals surface area contributed by atoms with Crippen molar-refractivity contribution in [3.63, 3.8) is 0 Å². The fourth-order valence-electron chi connectivity index (χ4n) is 2.65. The Morgan fingerprint density at radius 3 is 2.25 bits per heavy atom. The third-order valence-corrected chi connectivity index (χ3v) is 6.50. The zero-order valence-corrected chi connectivity index (χ0v) is 19.8. The number of carbonyl (C=O) groups is 3. The highest BCUT2D eigenvalue weighted by molar-refractivity contribution is 7.89. The number of ether oxygens (including phenoxy) is 1. The minimum absolute atomic E-state index is 0.00153. The molecular weight excluding hydrogens is 456 g/mol. The van der Waals surface area contributed by atoms with E-state index >= 15 is 0 Å². The maximum atomic E-state index is 12.4. The molecule has 0 aliphatic heterocycles. The predicted molar refractivity (Wildman–Crippen MR) is 121 cm³/mol. The van der Waals surface area contributed by atoms with Gasteiger partial charge >= 0.3 is 5.97 Å². The standard InChI is InChI=1S/C22H25ClN2O6S/c1-14(2)11-21(27)24-16-7-5-15(6-8-16)20(26)13-31-22(28)18-12-17(9-10-19(18)23)32(29,30)25(3)4/h5-10,12,14H,11,13H2,1-4H3,(H,24,27). The zero-order chi connectivity index (χ0) is 24.1. The molecule has 0 aliphatic carbocycles. The second-order valence-corrected chi connectivity index (χ2v) is 10.2. The maximum Gasteiger partial charge on any atom is 0.340 e. The number of Topliss-reactive ketones (excluding diaryl/α,β-unsaturated/α-hetero) is 1. The largest absolute Gasteiger partial charge is 0.454 e. The lowest BCUT2D eigenvalue weighted by atomic mass is 10.1. The number of nitrogens with zero attached hydrogens (tertiary/aromatic N) is 1. The van der Waals surface area contributed by atoms with Crippen molar-refractivity contribution in [3.05, 3.63) is 58.6 Å². The number of anilines is 1. The number of nitrogens with one attached hydrogen (secondary N) is 1. The van der Waals surface area contributed by atoms with E-state index in [2.05, 4.69) is 5.32 Å². The molecule has 32 heavy (non-hydrogen) atoms. The molecule has 0 unspecified atom stereocenters. The van der Waals surface area contributed by atoms with Crippen molar-refractivity contribution in [1.82, 2.24) is 4.31 Å². The van der Waals surface area contributed by atoms with Gasteiger partial charge in [0.15, 0.2) is 12.4 Å². The number of sulfonamides is 1. The summed E-state index contributed by atoms with van der Waals surface area (Å²) in [6.07, 6.45) is 0.385. The van der Waals surface area contributed by atoms with Crippen molar-refractivity contribution in [2.75, 3.05) is 26.0 Å². The summed E-state index contributed by atoms with van der Waals surface area (Å²) < 4.78 is 30.6. The molecule has 8 nitrogen and oxygen atoms in total. The lowest BCUT2D eigenvalue weighted by Gasteiger charge is -2.13. The van der Waals surface area contributed by atoms with Gasteiger partial charge in [0.2, 0.25) is 15.9 Å². The first-order valence-electron chi connectivity index (χ1n) is 9.74. The Morgan fingerprint density at radius 1 is 1.06 bits per heavy atom. The molecule has 1 amide bonds. The molecule has 0 radical (unpaired) electrons. The molecule has 10 heteroatoms. The quantitative estimate of drug-likeness (QED) is 0.433. The Bertz CT molecular complexity index is 1110. The average molecular weight is 481 g/mol. The molecule has 0 heterocycles. The van der Waals surface area contributed by atoms with Gasteiger partial charge in [-0.05, 0) is 48.4 Å². The molecule has 0 saturated carbocycles. The topological polar surface area (TPSA) is 110 Å². The van der Waals surface area contributed by atoms with Crippen LogP contribution in [-0.2, 0) is 19.6 Å². The molecule has 0 bridgehead atoms. The molecule has 0 aromatic heterocycles. The van der Waals surface area contributed by atoms with Crippen molar-refractivity contribution >= 4 is 45.0 Å². The van der Waals surface area contributed by atoms with E-state index in [-0.39, 0.29) is 32.9 Å². The first-order chi connectivity index (χ1) is 14.9. The smallest absolute Gasteiger partial charge is 0.340 e. The molecule has 1 N–H and O–H groups in total. The number of ketones is 1.